The molecule has 2 aromatic heterocycles. The van der Waals surface area contributed by atoms with Crippen molar-refractivity contribution in [3.63, 3.8) is 0 Å². The van der Waals surface area contributed by atoms with Crippen molar-refractivity contribution in [3.8, 4) is 0 Å². The van der Waals surface area contributed by atoms with Crippen molar-refractivity contribution in [1.82, 2.24) is 9.55 Å². The Kier molecular flexibility index (Phi) is 5.94. The van der Waals surface area contributed by atoms with Gasteiger partial charge in [-0.15, -0.1) is 0 Å². The number of hydrogen-bond acceptors (Lipinski definition) is 4. The summed E-state index contributed by atoms with van der Waals surface area (Å²) >= 11 is 0. The molecule has 0 aliphatic rings. The second-order valence-electron chi connectivity index (χ2n) is 7.02. The number of alkyl halides is 2. The van der Waals surface area contributed by atoms with E-state index in [-0.39, 0.29) is 18.7 Å². The predicted octanol–water partition coefficient (Wildman–Crippen LogP) is 4.00. The van der Waals surface area contributed by atoms with Gasteiger partial charge in [0.2, 0.25) is 0 Å². The van der Waals surface area contributed by atoms with Crippen molar-refractivity contribution < 1.29 is 23.0 Å². The Morgan fingerprint density at radius 1 is 1.32 bits per heavy atom. The highest BCUT2D eigenvalue weighted by atomic mass is 28.3. The zero-order valence-electron chi connectivity index (χ0n) is 15.0. The predicted molar refractivity (Wildman–Crippen MR) is 94.4 cm³/mol. The number of pyridine rings is 1. The summed E-state index contributed by atoms with van der Waals surface area (Å²) in [7, 11) is -1.19. The average molecular weight is 370 g/mol. The van der Waals surface area contributed by atoms with Crippen LogP contribution in [0.4, 0.5) is 8.78 Å². The fourth-order valence-electron chi connectivity index (χ4n) is 2.34. The lowest BCUT2D eigenvalue weighted by Gasteiger charge is -2.16. The summed E-state index contributed by atoms with van der Waals surface area (Å²) in [5.41, 5.74) is -0.0497. The molecule has 0 aliphatic carbocycles. The largest absolute Gasteiger partial charge is 0.461 e. The molecular formula is C17H24F2N2O3Si. The van der Waals surface area contributed by atoms with Gasteiger partial charge in [0.25, 0.3) is 0 Å². The molecule has 0 bridgehead atoms. The molecule has 2 heterocycles. The van der Waals surface area contributed by atoms with Gasteiger partial charge in [-0.1, -0.05) is 19.6 Å². The van der Waals surface area contributed by atoms with Gasteiger partial charge < -0.3 is 14.0 Å². The second kappa shape index (κ2) is 7.61. The minimum absolute atomic E-state index is 0.103. The van der Waals surface area contributed by atoms with Gasteiger partial charge in [-0.3, -0.25) is 0 Å². The Morgan fingerprint density at radius 3 is 2.68 bits per heavy atom. The van der Waals surface area contributed by atoms with Crippen LogP contribution in [0.1, 0.15) is 12.5 Å². The zero-order valence-corrected chi connectivity index (χ0v) is 16.0. The van der Waals surface area contributed by atoms with E-state index in [1.54, 1.807) is 10.8 Å². The molecule has 0 amide bonds. The standard InChI is InChI=1S/C17H24F2N2O3Si/c1-5-24-16(22)17(18,19)14-6-8-20-15-13(14)7-9-21(15)12-23-10-11-25(2,3)4/h6-9H,5,10-12H2,1-4H3. The Hall–Kier alpha value is -1.80. The van der Waals surface area contributed by atoms with Crippen molar-refractivity contribution in [2.45, 2.75) is 45.3 Å². The molecule has 0 saturated heterocycles. The molecule has 0 spiro atoms. The molecule has 0 saturated carbocycles. The first-order valence-electron chi connectivity index (χ1n) is 8.24. The lowest BCUT2D eigenvalue weighted by atomic mass is 10.1. The number of carbonyl (C=O) groups excluding carboxylic acids is 1. The van der Waals surface area contributed by atoms with E-state index in [0.29, 0.717) is 12.3 Å². The average Bonchev–Trinajstić information content (AvgIpc) is 2.94. The van der Waals surface area contributed by atoms with Crippen molar-refractivity contribution in [2.75, 3.05) is 13.2 Å². The second-order valence-corrected chi connectivity index (χ2v) is 12.6. The molecule has 25 heavy (non-hydrogen) atoms. The van der Waals surface area contributed by atoms with Gasteiger partial charge in [-0.05, 0) is 25.1 Å². The van der Waals surface area contributed by atoms with Crippen LogP contribution < -0.4 is 0 Å². The van der Waals surface area contributed by atoms with Gasteiger partial charge in [0.05, 0.1) is 6.61 Å². The third-order valence-electron chi connectivity index (χ3n) is 3.76. The summed E-state index contributed by atoms with van der Waals surface area (Å²) in [5, 5.41) is 0.217. The van der Waals surface area contributed by atoms with E-state index in [1.807, 2.05) is 0 Å². The minimum atomic E-state index is -3.72. The monoisotopic (exact) mass is 370 g/mol. The van der Waals surface area contributed by atoms with Gasteiger partial charge in [0, 0.05) is 38.0 Å². The molecule has 0 aliphatic heterocycles. The molecule has 0 unspecified atom stereocenters. The van der Waals surface area contributed by atoms with Gasteiger partial charge in [0.1, 0.15) is 12.4 Å². The number of hydrogen-bond donors (Lipinski definition) is 0. The van der Waals surface area contributed by atoms with Crippen LogP contribution in [0, 0.1) is 0 Å². The maximum Gasteiger partial charge on any atom is 0.382 e. The zero-order chi connectivity index (χ0) is 18.7. The first-order valence-corrected chi connectivity index (χ1v) is 11.9. The molecule has 8 heteroatoms. The van der Waals surface area contributed by atoms with Crippen molar-refractivity contribution in [2.24, 2.45) is 0 Å². The van der Waals surface area contributed by atoms with Crippen LogP contribution in [0.5, 0.6) is 0 Å². The molecule has 0 N–H and O–H groups in total. The topological polar surface area (TPSA) is 53.3 Å². The Balaban J connectivity index is 2.21. The van der Waals surface area contributed by atoms with E-state index in [4.69, 9.17) is 4.74 Å². The first-order chi connectivity index (χ1) is 11.7. The summed E-state index contributed by atoms with van der Waals surface area (Å²) in [5.74, 6) is -5.27. The van der Waals surface area contributed by atoms with Crippen LogP contribution in [0.3, 0.4) is 0 Å². The summed E-state index contributed by atoms with van der Waals surface area (Å²) < 4.78 is 40.6. The molecule has 5 nitrogen and oxygen atoms in total. The maximum atomic E-state index is 14.4. The molecule has 0 aromatic carbocycles. The van der Waals surface area contributed by atoms with Gasteiger partial charge in [-0.25, -0.2) is 9.78 Å². The number of nitrogens with zero attached hydrogens (tertiary/aromatic N) is 2. The van der Waals surface area contributed by atoms with Gasteiger partial charge in [-0.2, -0.15) is 8.78 Å². The van der Waals surface area contributed by atoms with E-state index >= 15 is 0 Å². The Bertz CT molecular complexity index is 741. The highest BCUT2D eigenvalue weighted by Crippen LogP contribution is 2.34. The van der Waals surface area contributed by atoms with Crippen molar-refractivity contribution in [1.29, 1.82) is 0 Å². The quantitative estimate of drug-likeness (QED) is 0.400. The third kappa shape index (κ3) is 4.64. The lowest BCUT2D eigenvalue weighted by molar-refractivity contribution is -0.172. The highest BCUT2D eigenvalue weighted by Gasteiger charge is 2.44. The lowest BCUT2D eigenvalue weighted by Crippen LogP contribution is -2.28. The fourth-order valence-corrected chi connectivity index (χ4v) is 3.10. The van der Waals surface area contributed by atoms with Crippen LogP contribution in [0.15, 0.2) is 24.5 Å². The molecule has 0 radical (unpaired) electrons. The van der Waals surface area contributed by atoms with Gasteiger partial charge in [0.15, 0.2) is 0 Å². The number of ether oxygens (including phenoxy) is 2. The summed E-state index contributed by atoms with van der Waals surface area (Å²) in [6, 6.07) is 3.69. The molecule has 0 fully saturated rings. The van der Waals surface area contributed by atoms with E-state index < -0.39 is 25.5 Å². The fraction of sp³-hybridized carbons (Fsp3) is 0.529. The Morgan fingerprint density at radius 2 is 2.04 bits per heavy atom. The van der Waals surface area contributed by atoms with E-state index in [2.05, 4.69) is 29.4 Å². The smallest absolute Gasteiger partial charge is 0.382 e. The third-order valence-corrected chi connectivity index (χ3v) is 5.46. The summed E-state index contributed by atoms with van der Waals surface area (Å²) in [4.78, 5) is 15.8. The summed E-state index contributed by atoms with van der Waals surface area (Å²) in [6.45, 7) is 9.01. The normalized spacial score (nSPS) is 12.6. The van der Waals surface area contributed by atoms with Crippen molar-refractivity contribution >= 4 is 25.1 Å². The minimum Gasteiger partial charge on any atom is -0.461 e. The van der Waals surface area contributed by atoms with Crippen LogP contribution in [0.25, 0.3) is 11.0 Å². The SMILES string of the molecule is CCOC(=O)C(F)(F)c1ccnc2c1ccn2COCC[Si](C)(C)C. The molecule has 0 atom stereocenters. The van der Waals surface area contributed by atoms with Crippen molar-refractivity contribution in [3.05, 3.63) is 30.1 Å². The number of fused-ring (bicyclic) bond motifs is 1. The number of aromatic nitrogens is 2. The maximum absolute atomic E-state index is 14.4. The van der Waals surface area contributed by atoms with E-state index in [9.17, 15) is 13.6 Å². The highest BCUT2D eigenvalue weighted by molar-refractivity contribution is 6.76. The number of esters is 1. The molecule has 138 valence electrons. The molecule has 2 rings (SSSR count). The van der Waals surface area contributed by atoms with Gasteiger partial charge >= 0.3 is 11.9 Å². The number of carbonyl (C=O) groups is 1. The number of rotatable bonds is 8. The van der Waals surface area contributed by atoms with E-state index in [1.165, 1.54) is 19.2 Å². The van der Waals surface area contributed by atoms with Crippen LogP contribution in [-0.2, 0) is 26.9 Å². The van der Waals surface area contributed by atoms with Crippen LogP contribution in [0.2, 0.25) is 25.7 Å². The molecular weight excluding hydrogens is 346 g/mol. The molecule has 2 aromatic rings. The first kappa shape index (κ1) is 19.5. The van der Waals surface area contributed by atoms with Crippen LogP contribution >= 0.6 is 0 Å². The van der Waals surface area contributed by atoms with Crippen LogP contribution in [-0.4, -0.2) is 36.8 Å². The summed E-state index contributed by atoms with van der Waals surface area (Å²) in [6.07, 6.45) is 2.90. The van der Waals surface area contributed by atoms with E-state index in [0.717, 1.165) is 12.1 Å². The Labute approximate surface area is 147 Å². The number of halogens is 2.